The maximum absolute atomic E-state index is 12.9. The summed E-state index contributed by atoms with van der Waals surface area (Å²) in [5.41, 5.74) is 4.32. The van der Waals surface area contributed by atoms with E-state index in [1.165, 1.54) is 0 Å². The van der Waals surface area contributed by atoms with E-state index in [1.807, 2.05) is 61.3 Å². The molecule has 1 unspecified atom stereocenters. The molecule has 4 nitrogen and oxygen atoms in total. The minimum atomic E-state index is -0.277. The van der Waals surface area contributed by atoms with Crippen LogP contribution in [0.4, 0.5) is 5.69 Å². The van der Waals surface area contributed by atoms with Gasteiger partial charge in [-0.05, 0) is 30.0 Å². The van der Waals surface area contributed by atoms with E-state index in [0.29, 0.717) is 13.1 Å². The molecule has 3 rings (SSSR count). The molecule has 1 saturated heterocycles. The van der Waals surface area contributed by atoms with E-state index in [9.17, 15) is 9.59 Å². The highest BCUT2D eigenvalue weighted by atomic mass is 16.2. The fourth-order valence-corrected chi connectivity index (χ4v) is 3.73. The zero-order valence-corrected chi connectivity index (χ0v) is 15.7. The van der Waals surface area contributed by atoms with Crippen LogP contribution >= 0.6 is 0 Å². The van der Waals surface area contributed by atoms with Gasteiger partial charge in [0.2, 0.25) is 11.8 Å². The van der Waals surface area contributed by atoms with Crippen LogP contribution in [0.15, 0.2) is 48.5 Å². The lowest BCUT2D eigenvalue weighted by Crippen LogP contribution is -2.34. The Morgan fingerprint density at radius 1 is 1.15 bits per heavy atom. The lowest BCUT2D eigenvalue weighted by molar-refractivity contribution is -0.135. The summed E-state index contributed by atoms with van der Waals surface area (Å²) >= 11 is 0. The Morgan fingerprint density at radius 3 is 2.58 bits per heavy atom. The van der Waals surface area contributed by atoms with Gasteiger partial charge in [-0.25, -0.2) is 0 Å². The molecule has 2 aromatic rings. The Kier molecular flexibility index (Phi) is 5.40. The largest absolute Gasteiger partial charge is 0.341 e. The van der Waals surface area contributed by atoms with E-state index in [2.05, 4.69) is 13.0 Å². The normalized spacial score (nSPS) is 16.8. The predicted octanol–water partition coefficient (Wildman–Crippen LogP) is 3.57. The van der Waals surface area contributed by atoms with Crippen molar-refractivity contribution >= 4 is 17.5 Å². The molecule has 2 aromatic carbocycles. The highest BCUT2D eigenvalue weighted by Crippen LogP contribution is 2.32. The van der Waals surface area contributed by atoms with Crippen molar-refractivity contribution in [2.75, 3.05) is 18.5 Å². The molecule has 0 bridgehead atoms. The molecular weight excluding hydrogens is 324 g/mol. The summed E-state index contributed by atoms with van der Waals surface area (Å²) < 4.78 is 0. The van der Waals surface area contributed by atoms with Gasteiger partial charge in [-0.1, -0.05) is 55.5 Å². The summed E-state index contributed by atoms with van der Waals surface area (Å²) in [6, 6.07) is 16.0. The van der Waals surface area contributed by atoms with Crippen molar-refractivity contribution in [3.05, 3.63) is 65.2 Å². The first-order chi connectivity index (χ1) is 12.5. The second kappa shape index (κ2) is 7.73. The number of carbonyl (C=O) groups excluding carboxylic acids is 2. The lowest BCUT2D eigenvalue weighted by atomic mass is 10.0. The lowest BCUT2D eigenvalue weighted by Gasteiger charge is -2.24. The van der Waals surface area contributed by atoms with Crippen LogP contribution in [0.25, 0.3) is 0 Å². The molecule has 1 aliphatic heterocycles. The molecule has 0 radical (unpaired) electrons. The number of nitrogens with zero attached hydrogens (tertiary/aromatic N) is 2. The van der Waals surface area contributed by atoms with Crippen LogP contribution in [0.1, 0.15) is 30.0 Å². The number of rotatable bonds is 5. The number of benzene rings is 2. The van der Waals surface area contributed by atoms with E-state index in [1.54, 1.807) is 4.90 Å². The van der Waals surface area contributed by atoms with Gasteiger partial charge in [-0.15, -0.1) is 0 Å². The number of aryl methyl sites for hydroxylation is 2. The van der Waals surface area contributed by atoms with E-state index in [-0.39, 0.29) is 24.2 Å². The maximum Gasteiger partial charge on any atom is 0.228 e. The molecular formula is C22H26N2O2. The van der Waals surface area contributed by atoms with Crippen LogP contribution in [0.3, 0.4) is 0 Å². The average Bonchev–Trinajstić information content (AvgIpc) is 3.02. The minimum Gasteiger partial charge on any atom is -0.341 e. The highest BCUT2D eigenvalue weighted by molar-refractivity contribution is 6.01. The molecule has 1 fully saturated rings. The summed E-state index contributed by atoms with van der Waals surface area (Å²) in [5, 5.41) is 0. The Hall–Kier alpha value is -2.62. The SMILES string of the molecule is CCc1cccc(C)c1N1CC(C(=O)N(C)Cc2ccccc2)CC1=O. The van der Waals surface area contributed by atoms with Gasteiger partial charge in [0.1, 0.15) is 0 Å². The van der Waals surface area contributed by atoms with E-state index < -0.39 is 0 Å². The van der Waals surface area contributed by atoms with Gasteiger partial charge in [0.25, 0.3) is 0 Å². The Morgan fingerprint density at radius 2 is 1.88 bits per heavy atom. The second-order valence-electron chi connectivity index (χ2n) is 7.02. The van der Waals surface area contributed by atoms with Crippen molar-refractivity contribution < 1.29 is 9.59 Å². The summed E-state index contributed by atoms with van der Waals surface area (Å²) in [6.45, 7) is 5.15. The maximum atomic E-state index is 12.9. The van der Waals surface area contributed by atoms with Gasteiger partial charge in [-0.3, -0.25) is 9.59 Å². The number of anilines is 1. The summed E-state index contributed by atoms with van der Waals surface area (Å²) in [4.78, 5) is 29.0. The van der Waals surface area contributed by atoms with Crippen LogP contribution in [0.5, 0.6) is 0 Å². The molecule has 1 aliphatic rings. The fraction of sp³-hybridized carbons (Fsp3) is 0.364. The molecule has 26 heavy (non-hydrogen) atoms. The van der Waals surface area contributed by atoms with Gasteiger partial charge >= 0.3 is 0 Å². The summed E-state index contributed by atoms with van der Waals surface area (Å²) in [7, 11) is 1.81. The standard InChI is InChI=1S/C22H26N2O2/c1-4-18-12-8-9-16(2)21(18)24-15-19(13-20(24)25)22(26)23(3)14-17-10-6-5-7-11-17/h5-12,19H,4,13-15H2,1-3H3. The first kappa shape index (κ1) is 18.2. The van der Waals surface area contributed by atoms with Crippen molar-refractivity contribution in [2.24, 2.45) is 5.92 Å². The molecule has 1 atom stereocenters. The van der Waals surface area contributed by atoms with Crippen molar-refractivity contribution in [3.8, 4) is 0 Å². The topological polar surface area (TPSA) is 40.6 Å². The summed E-state index contributed by atoms with van der Waals surface area (Å²) in [5.74, 6) is -0.197. The van der Waals surface area contributed by atoms with Crippen LogP contribution in [-0.2, 0) is 22.6 Å². The van der Waals surface area contributed by atoms with Crippen LogP contribution < -0.4 is 4.90 Å². The number of hydrogen-bond donors (Lipinski definition) is 0. The quantitative estimate of drug-likeness (QED) is 0.827. The predicted molar refractivity (Wildman–Crippen MR) is 104 cm³/mol. The monoisotopic (exact) mass is 350 g/mol. The molecule has 4 heteroatoms. The van der Waals surface area contributed by atoms with E-state index in [4.69, 9.17) is 0 Å². The Balaban J connectivity index is 1.74. The molecule has 0 spiro atoms. The molecule has 0 aromatic heterocycles. The zero-order chi connectivity index (χ0) is 18.7. The zero-order valence-electron chi connectivity index (χ0n) is 15.7. The first-order valence-corrected chi connectivity index (χ1v) is 9.19. The fourth-order valence-electron chi connectivity index (χ4n) is 3.73. The smallest absolute Gasteiger partial charge is 0.228 e. The third-order valence-corrected chi connectivity index (χ3v) is 5.09. The average molecular weight is 350 g/mol. The van der Waals surface area contributed by atoms with Gasteiger partial charge in [-0.2, -0.15) is 0 Å². The van der Waals surface area contributed by atoms with Gasteiger partial charge in [0.05, 0.1) is 5.92 Å². The number of carbonyl (C=O) groups is 2. The Bertz CT molecular complexity index is 801. The third-order valence-electron chi connectivity index (χ3n) is 5.09. The van der Waals surface area contributed by atoms with Crippen molar-refractivity contribution in [2.45, 2.75) is 33.2 Å². The molecule has 0 aliphatic carbocycles. The second-order valence-corrected chi connectivity index (χ2v) is 7.02. The molecule has 1 heterocycles. The Labute approximate surface area is 155 Å². The van der Waals surface area contributed by atoms with Gasteiger partial charge in [0, 0.05) is 32.2 Å². The highest BCUT2D eigenvalue weighted by Gasteiger charge is 2.37. The summed E-state index contributed by atoms with van der Waals surface area (Å²) in [6.07, 6.45) is 1.16. The van der Waals surface area contributed by atoms with Crippen LogP contribution in [-0.4, -0.2) is 30.3 Å². The van der Waals surface area contributed by atoms with Crippen molar-refractivity contribution in [1.29, 1.82) is 0 Å². The number of para-hydroxylation sites is 1. The third kappa shape index (κ3) is 3.64. The van der Waals surface area contributed by atoms with Crippen LogP contribution in [0, 0.1) is 12.8 Å². The van der Waals surface area contributed by atoms with Crippen LogP contribution in [0.2, 0.25) is 0 Å². The minimum absolute atomic E-state index is 0.0383. The van der Waals surface area contributed by atoms with E-state index in [0.717, 1.165) is 28.8 Å². The van der Waals surface area contributed by atoms with Crippen molar-refractivity contribution in [3.63, 3.8) is 0 Å². The van der Waals surface area contributed by atoms with Gasteiger partial charge in [0.15, 0.2) is 0 Å². The molecule has 0 N–H and O–H groups in total. The molecule has 0 saturated carbocycles. The van der Waals surface area contributed by atoms with Crippen molar-refractivity contribution in [1.82, 2.24) is 4.90 Å². The molecule has 2 amide bonds. The van der Waals surface area contributed by atoms with Gasteiger partial charge < -0.3 is 9.80 Å². The molecule has 136 valence electrons. The number of amides is 2. The first-order valence-electron chi connectivity index (χ1n) is 9.19. The van der Waals surface area contributed by atoms with E-state index >= 15 is 0 Å². The number of hydrogen-bond acceptors (Lipinski definition) is 2.